The van der Waals surface area contributed by atoms with Gasteiger partial charge in [0.2, 0.25) is 5.88 Å². The van der Waals surface area contributed by atoms with E-state index >= 15 is 0 Å². The van der Waals surface area contributed by atoms with Gasteiger partial charge in [0.15, 0.2) is 0 Å². The predicted octanol–water partition coefficient (Wildman–Crippen LogP) is 2.31. The monoisotopic (exact) mass is 346 g/mol. The summed E-state index contributed by atoms with van der Waals surface area (Å²) in [6.45, 7) is 0. The molecule has 3 rings (SSSR count). The number of aromatic amines is 1. The molecule has 0 unspecified atom stereocenters. The Morgan fingerprint density at radius 3 is 2.52 bits per heavy atom. The fourth-order valence-corrected chi connectivity index (χ4v) is 2.28. The minimum Gasteiger partial charge on any atom is -0.493 e. The molecule has 0 spiro atoms. The number of aromatic nitrogens is 4. The van der Waals surface area contributed by atoms with Gasteiger partial charge in [0.05, 0.1) is 11.8 Å². The van der Waals surface area contributed by atoms with Crippen molar-refractivity contribution in [3.05, 3.63) is 51.5 Å². The fourth-order valence-electron chi connectivity index (χ4n) is 2.02. The zero-order valence-corrected chi connectivity index (χ0v) is 12.6. The molecule has 2 aromatic heterocycles. The zero-order chi connectivity index (χ0) is 15.0. The number of rotatable bonds is 2. The first kappa shape index (κ1) is 13.6. The molecule has 106 valence electrons. The first-order valence-electron chi connectivity index (χ1n) is 6.13. The molecule has 0 saturated heterocycles. The lowest BCUT2D eigenvalue weighted by Gasteiger charge is -2.05. The van der Waals surface area contributed by atoms with E-state index in [0.29, 0.717) is 11.1 Å². The summed E-state index contributed by atoms with van der Waals surface area (Å²) in [6, 6.07) is 7.06. The molecule has 2 heterocycles. The number of H-pyrrole nitrogens is 1. The Morgan fingerprint density at radius 2 is 1.95 bits per heavy atom. The lowest BCUT2D eigenvalue weighted by Crippen LogP contribution is -2.12. The number of nitrogens with one attached hydrogen (secondary N) is 1. The molecule has 0 fully saturated rings. The van der Waals surface area contributed by atoms with E-state index < -0.39 is 5.56 Å². The van der Waals surface area contributed by atoms with Gasteiger partial charge in [0.25, 0.3) is 5.56 Å². The summed E-state index contributed by atoms with van der Waals surface area (Å²) >= 11 is 3.33. The zero-order valence-electron chi connectivity index (χ0n) is 11.0. The lowest BCUT2D eigenvalue weighted by atomic mass is 10.1. The molecule has 2 N–H and O–H groups in total. The summed E-state index contributed by atoms with van der Waals surface area (Å²) in [4.78, 5) is 19.0. The van der Waals surface area contributed by atoms with Crippen molar-refractivity contribution in [2.24, 2.45) is 7.05 Å². The predicted molar refractivity (Wildman–Crippen MR) is 81.9 cm³/mol. The summed E-state index contributed by atoms with van der Waals surface area (Å²) in [5.41, 5.74) is 0.980. The summed E-state index contributed by atoms with van der Waals surface area (Å²) in [7, 11) is 1.76. The van der Waals surface area contributed by atoms with E-state index in [2.05, 4.69) is 31.0 Å². The first-order chi connectivity index (χ1) is 10.0. The number of hydrogen-bond acceptors (Lipinski definition) is 4. The van der Waals surface area contributed by atoms with Gasteiger partial charge in [-0.25, -0.2) is 0 Å². The highest BCUT2D eigenvalue weighted by Gasteiger charge is 2.14. The molecule has 0 saturated carbocycles. The van der Waals surface area contributed by atoms with Gasteiger partial charge in [0.1, 0.15) is 11.4 Å². The molecular formula is C14H11BrN4O2. The van der Waals surface area contributed by atoms with Crippen LogP contribution in [0.4, 0.5) is 0 Å². The normalized spacial score (nSPS) is 10.8. The lowest BCUT2D eigenvalue weighted by molar-refractivity contribution is 0.454. The third-order valence-electron chi connectivity index (χ3n) is 3.01. The molecule has 0 aliphatic carbocycles. The van der Waals surface area contributed by atoms with Crippen molar-refractivity contribution >= 4 is 15.9 Å². The van der Waals surface area contributed by atoms with Crippen LogP contribution in [0.3, 0.4) is 0 Å². The van der Waals surface area contributed by atoms with Gasteiger partial charge in [-0.3, -0.25) is 9.48 Å². The third kappa shape index (κ3) is 2.59. The molecule has 0 aliphatic rings. The van der Waals surface area contributed by atoms with Gasteiger partial charge < -0.3 is 10.1 Å². The van der Waals surface area contributed by atoms with E-state index in [9.17, 15) is 9.90 Å². The van der Waals surface area contributed by atoms with Gasteiger partial charge in [-0.15, -0.1) is 0 Å². The molecule has 0 aliphatic heterocycles. The van der Waals surface area contributed by atoms with Gasteiger partial charge >= 0.3 is 0 Å². The molecule has 0 amide bonds. The highest BCUT2D eigenvalue weighted by molar-refractivity contribution is 9.10. The van der Waals surface area contributed by atoms with Crippen LogP contribution in [0.5, 0.6) is 5.88 Å². The second-order valence-corrected chi connectivity index (χ2v) is 5.44. The number of aromatic hydroxyl groups is 1. The average Bonchev–Trinajstić information content (AvgIpc) is 2.87. The van der Waals surface area contributed by atoms with Crippen LogP contribution in [-0.2, 0) is 7.05 Å². The van der Waals surface area contributed by atoms with E-state index in [4.69, 9.17) is 0 Å². The van der Waals surface area contributed by atoms with E-state index in [0.717, 1.165) is 4.47 Å². The van der Waals surface area contributed by atoms with E-state index in [1.54, 1.807) is 48.4 Å². The Hall–Kier alpha value is -2.41. The molecule has 0 atom stereocenters. The van der Waals surface area contributed by atoms with E-state index in [-0.39, 0.29) is 17.3 Å². The number of benzene rings is 1. The van der Waals surface area contributed by atoms with Crippen LogP contribution in [0.25, 0.3) is 22.5 Å². The van der Waals surface area contributed by atoms with Gasteiger partial charge in [0, 0.05) is 17.7 Å². The van der Waals surface area contributed by atoms with Crippen molar-refractivity contribution in [3.63, 3.8) is 0 Å². The average molecular weight is 347 g/mol. The molecule has 7 heteroatoms. The van der Waals surface area contributed by atoms with Crippen molar-refractivity contribution in [1.82, 2.24) is 19.7 Å². The van der Waals surface area contributed by atoms with Crippen LogP contribution in [0.15, 0.2) is 45.9 Å². The molecule has 3 aromatic rings. The number of aryl methyl sites for hydroxylation is 1. The Morgan fingerprint density at radius 1 is 1.24 bits per heavy atom. The summed E-state index contributed by atoms with van der Waals surface area (Å²) in [5.74, 6) is -0.0219. The fraction of sp³-hybridized carbons (Fsp3) is 0.0714. The SMILES string of the molecule is Cn1cc(-c2nc(O)c(-c3ccc(Br)cc3)c(=O)[nH]2)cn1. The number of nitrogens with zero attached hydrogens (tertiary/aromatic N) is 3. The Labute approximate surface area is 128 Å². The van der Waals surface area contributed by atoms with E-state index in [1.807, 2.05) is 0 Å². The largest absolute Gasteiger partial charge is 0.493 e. The topological polar surface area (TPSA) is 83.8 Å². The maximum absolute atomic E-state index is 12.2. The quantitative estimate of drug-likeness (QED) is 0.745. The van der Waals surface area contributed by atoms with Crippen LogP contribution < -0.4 is 5.56 Å². The highest BCUT2D eigenvalue weighted by Crippen LogP contribution is 2.26. The molecule has 0 radical (unpaired) electrons. The minimum absolute atomic E-state index is 0.148. The van der Waals surface area contributed by atoms with Crippen LogP contribution in [0.2, 0.25) is 0 Å². The van der Waals surface area contributed by atoms with Crippen molar-refractivity contribution in [1.29, 1.82) is 0 Å². The van der Waals surface area contributed by atoms with E-state index in [1.165, 1.54) is 0 Å². The third-order valence-corrected chi connectivity index (χ3v) is 3.54. The maximum atomic E-state index is 12.2. The van der Waals surface area contributed by atoms with Crippen LogP contribution in [-0.4, -0.2) is 24.9 Å². The van der Waals surface area contributed by atoms with Crippen LogP contribution in [0, 0.1) is 0 Å². The van der Waals surface area contributed by atoms with Crippen molar-refractivity contribution in [2.75, 3.05) is 0 Å². The minimum atomic E-state index is -0.399. The first-order valence-corrected chi connectivity index (χ1v) is 6.92. The Bertz CT molecular complexity index is 852. The molecule has 1 aromatic carbocycles. The standard InChI is InChI=1S/C14H11BrN4O2/c1-19-7-9(6-16-19)12-17-13(20)11(14(21)18-12)8-2-4-10(15)5-3-8/h2-7H,1H3,(H2,17,18,20,21). The smallest absolute Gasteiger partial charge is 0.262 e. The summed E-state index contributed by atoms with van der Waals surface area (Å²) < 4.78 is 2.48. The maximum Gasteiger partial charge on any atom is 0.262 e. The highest BCUT2D eigenvalue weighted by atomic mass is 79.9. The van der Waals surface area contributed by atoms with Gasteiger partial charge in [-0.05, 0) is 17.7 Å². The molecule has 0 bridgehead atoms. The molecular weight excluding hydrogens is 336 g/mol. The summed E-state index contributed by atoms with van der Waals surface area (Å²) in [6.07, 6.45) is 3.27. The molecule has 6 nitrogen and oxygen atoms in total. The van der Waals surface area contributed by atoms with Crippen LogP contribution >= 0.6 is 15.9 Å². The van der Waals surface area contributed by atoms with Crippen LogP contribution in [0.1, 0.15) is 0 Å². The number of halogens is 1. The van der Waals surface area contributed by atoms with Gasteiger partial charge in [-0.1, -0.05) is 28.1 Å². The summed E-state index contributed by atoms with van der Waals surface area (Å²) in [5, 5.41) is 14.1. The Balaban J connectivity index is 2.12. The van der Waals surface area contributed by atoms with Crippen molar-refractivity contribution in [2.45, 2.75) is 0 Å². The van der Waals surface area contributed by atoms with Crippen molar-refractivity contribution < 1.29 is 5.11 Å². The Kier molecular flexibility index (Phi) is 3.34. The number of hydrogen-bond donors (Lipinski definition) is 2. The second kappa shape index (κ2) is 5.17. The molecule has 21 heavy (non-hydrogen) atoms. The van der Waals surface area contributed by atoms with Gasteiger partial charge in [-0.2, -0.15) is 10.1 Å². The second-order valence-electron chi connectivity index (χ2n) is 4.52. The van der Waals surface area contributed by atoms with Crippen molar-refractivity contribution in [3.8, 4) is 28.4 Å².